The number of hydrogen-bond donors (Lipinski definition) is 4. The topological polar surface area (TPSA) is 123 Å². The molecule has 1 heterocycles. The van der Waals surface area contributed by atoms with Gasteiger partial charge in [0.05, 0.1) is 19.3 Å². The Bertz CT molecular complexity index is 337. The maximum atomic E-state index is 9.62. The van der Waals surface area contributed by atoms with Crippen LogP contribution in [-0.4, -0.2) is 64.3 Å². The molecule has 5 atom stereocenters. The predicted octanol–water partition coefficient (Wildman–Crippen LogP) is -1.73. The van der Waals surface area contributed by atoms with Gasteiger partial charge in [-0.05, 0) is 13.0 Å². The van der Waals surface area contributed by atoms with Crippen molar-refractivity contribution in [3.05, 3.63) is 11.6 Å². The predicted molar refractivity (Wildman–Crippen MR) is 59.1 cm³/mol. The summed E-state index contributed by atoms with van der Waals surface area (Å²) in [5, 5.41) is 46.1. The molecule has 0 aromatic rings. The van der Waals surface area contributed by atoms with Gasteiger partial charge < -0.3 is 29.9 Å². The van der Waals surface area contributed by atoms with E-state index in [0.717, 1.165) is 0 Å². The first-order valence-corrected chi connectivity index (χ1v) is 5.50. The highest BCUT2D eigenvalue weighted by atomic mass is 16.7. The molecule has 1 rings (SSSR count). The highest BCUT2D eigenvalue weighted by Gasteiger charge is 2.43. The van der Waals surface area contributed by atoms with Crippen LogP contribution in [0.2, 0.25) is 0 Å². The van der Waals surface area contributed by atoms with Crippen LogP contribution >= 0.6 is 0 Å². The minimum absolute atomic E-state index is 0.0160. The summed E-state index contributed by atoms with van der Waals surface area (Å²) in [6, 6.07) is 1.90. The second-order valence-electron chi connectivity index (χ2n) is 4.03. The summed E-state index contributed by atoms with van der Waals surface area (Å²) in [5.41, 5.74) is 0.444. The van der Waals surface area contributed by atoms with E-state index in [0.29, 0.717) is 5.57 Å². The Labute approximate surface area is 104 Å². The monoisotopic (exact) mass is 259 g/mol. The van der Waals surface area contributed by atoms with Gasteiger partial charge in [0.2, 0.25) is 0 Å². The van der Waals surface area contributed by atoms with Gasteiger partial charge >= 0.3 is 0 Å². The number of nitrogens with zero attached hydrogens (tertiary/aromatic N) is 1. The average Bonchev–Trinajstić information content (AvgIpc) is 2.38. The van der Waals surface area contributed by atoms with Gasteiger partial charge in [0.1, 0.15) is 24.4 Å². The van der Waals surface area contributed by atoms with Gasteiger partial charge in [0.25, 0.3) is 0 Å². The van der Waals surface area contributed by atoms with E-state index in [9.17, 15) is 15.3 Å². The maximum Gasteiger partial charge on any atom is 0.187 e. The smallest absolute Gasteiger partial charge is 0.187 e. The fourth-order valence-corrected chi connectivity index (χ4v) is 1.52. The zero-order chi connectivity index (χ0) is 13.7. The average molecular weight is 259 g/mol. The summed E-state index contributed by atoms with van der Waals surface area (Å²) >= 11 is 0. The molecular formula is C11H17NO6. The van der Waals surface area contributed by atoms with E-state index in [-0.39, 0.29) is 6.61 Å². The quantitative estimate of drug-likeness (QED) is 0.442. The fraction of sp³-hybridized carbons (Fsp3) is 0.727. The van der Waals surface area contributed by atoms with Crippen LogP contribution in [0.1, 0.15) is 6.92 Å². The molecule has 5 unspecified atom stereocenters. The van der Waals surface area contributed by atoms with Crippen molar-refractivity contribution in [2.24, 2.45) is 0 Å². The van der Waals surface area contributed by atoms with E-state index in [4.69, 9.17) is 19.8 Å². The molecular weight excluding hydrogens is 242 g/mol. The number of ether oxygens (including phenoxy) is 2. The van der Waals surface area contributed by atoms with E-state index in [2.05, 4.69) is 0 Å². The Morgan fingerprint density at radius 3 is 2.56 bits per heavy atom. The Morgan fingerprint density at radius 2 is 2.00 bits per heavy atom. The van der Waals surface area contributed by atoms with E-state index in [1.54, 1.807) is 6.92 Å². The Kier molecular flexibility index (Phi) is 5.68. The second kappa shape index (κ2) is 6.80. The molecule has 0 spiro atoms. The molecule has 0 aromatic carbocycles. The first-order valence-electron chi connectivity index (χ1n) is 5.50. The molecule has 1 saturated heterocycles. The van der Waals surface area contributed by atoms with Gasteiger partial charge in [-0.1, -0.05) is 0 Å². The number of aliphatic hydroxyl groups excluding tert-OH is 4. The molecule has 1 fully saturated rings. The zero-order valence-corrected chi connectivity index (χ0v) is 9.93. The van der Waals surface area contributed by atoms with Crippen LogP contribution in [0, 0.1) is 11.3 Å². The molecule has 7 heteroatoms. The van der Waals surface area contributed by atoms with E-state index >= 15 is 0 Å². The highest BCUT2D eigenvalue weighted by Crippen LogP contribution is 2.21. The van der Waals surface area contributed by atoms with Crippen LogP contribution in [0.15, 0.2) is 11.6 Å². The van der Waals surface area contributed by atoms with E-state index in [1.807, 2.05) is 6.07 Å². The second-order valence-corrected chi connectivity index (χ2v) is 4.03. The fourth-order valence-electron chi connectivity index (χ4n) is 1.52. The van der Waals surface area contributed by atoms with E-state index in [1.165, 1.54) is 6.08 Å². The number of allylic oxidation sites excluding steroid dienone is 1. The Balaban J connectivity index is 2.57. The third-order valence-electron chi connectivity index (χ3n) is 2.67. The van der Waals surface area contributed by atoms with E-state index < -0.39 is 37.3 Å². The lowest BCUT2D eigenvalue weighted by atomic mass is 9.99. The summed E-state index contributed by atoms with van der Waals surface area (Å²) in [7, 11) is 0. The summed E-state index contributed by atoms with van der Waals surface area (Å²) < 4.78 is 10.2. The third-order valence-corrected chi connectivity index (χ3v) is 2.67. The summed E-state index contributed by atoms with van der Waals surface area (Å²) in [4.78, 5) is 0. The summed E-state index contributed by atoms with van der Waals surface area (Å²) in [6.45, 7) is 1.11. The van der Waals surface area contributed by atoms with Crippen molar-refractivity contribution in [2.45, 2.75) is 37.6 Å². The molecule has 0 aliphatic carbocycles. The van der Waals surface area contributed by atoms with Gasteiger partial charge in [-0.15, -0.1) is 0 Å². The SMILES string of the molecule is C/C(C#N)=C\COC1OC(CO)C(O)C(O)C1O. The number of rotatable bonds is 4. The van der Waals surface area contributed by atoms with Crippen molar-refractivity contribution in [1.82, 2.24) is 0 Å². The molecule has 1 aliphatic heterocycles. The van der Waals surface area contributed by atoms with Crippen molar-refractivity contribution in [2.75, 3.05) is 13.2 Å². The lowest BCUT2D eigenvalue weighted by Crippen LogP contribution is -2.59. The van der Waals surface area contributed by atoms with Gasteiger partial charge in [-0.25, -0.2) is 0 Å². The molecule has 18 heavy (non-hydrogen) atoms. The molecule has 0 saturated carbocycles. The summed E-state index contributed by atoms with van der Waals surface area (Å²) in [6.07, 6.45) is -4.94. The normalized spacial score (nSPS) is 37.3. The molecule has 4 N–H and O–H groups in total. The van der Waals surface area contributed by atoms with Crippen LogP contribution in [0.25, 0.3) is 0 Å². The van der Waals surface area contributed by atoms with Gasteiger partial charge in [0, 0.05) is 5.57 Å². The Morgan fingerprint density at radius 1 is 1.33 bits per heavy atom. The molecule has 102 valence electrons. The molecule has 0 aromatic heterocycles. The molecule has 1 aliphatic rings. The van der Waals surface area contributed by atoms with Crippen molar-refractivity contribution in [3.63, 3.8) is 0 Å². The zero-order valence-electron chi connectivity index (χ0n) is 9.93. The number of nitriles is 1. The molecule has 7 nitrogen and oxygen atoms in total. The van der Waals surface area contributed by atoms with Gasteiger partial charge in [-0.3, -0.25) is 0 Å². The van der Waals surface area contributed by atoms with Crippen molar-refractivity contribution < 1.29 is 29.9 Å². The van der Waals surface area contributed by atoms with Crippen molar-refractivity contribution >= 4 is 0 Å². The molecule has 0 amide bonds. The van der Waals surface area contributed by atoms with Crippen LogP contribution in [0.5, 0.6) is 0 Å². The first kappa shape index (κ1) is 15.0. The van der Waals surface area contributed by atoms with Crippen LogP contribution in [-0.2, 0) is 9.47 Å². The Hall–Kier alpha value is -1.01. The van der Waals surface area contributed by atoms with Gasteiger partial charge in [-0.2, -0.15) is 5.26 Å². The highest BCUT2D eigenvalue weighted by molar-refractivity contribution is 5.17. The molecule has 0 radical (unpaired) electrons. The largest absolute Gasteiger partial charge is 0.394 e. The number of hydrogen-bond acceptors (Lipinski definition) is 7. The van der Waals surface area contributed by atoms with Gasteiger partial charge in [0.15, 0.2) is 6.29 Å². The van der Waals surface area contributed by atoms with Crippen LogP contribution in [0.3, 0.4) is 0 Å². The minimum Gasteiger partial charge on any atom is -0.394 e. The minimum atomic E-state index is -1.46. The number of aliphatic hydroxyl groups is 4. The van der Waals surface area contributed by atoms with Crippen LogP contribution in [0.4, 0.5) is 0 Å². The maximum absolute atomic E-state index is 9.62. The lowest BCUT2D eigenvalue weighted by molar-refractivity contribution is -0.298. The standard InChI is InChI=1S/C11H17NO6/c1-6(4-12)2-3-17-11-10(16)9(15)8(14)7(5-13)18-11/h2,7-11,13-16H,3,5H2,1H3/b6-2+. The third kappa shape index (κ3) is 3.49. The van der Waals surface area contributed by atoms with Crippen molar-refractivity contribution in [3.8, 4) is 6.07 Å². The van der Waals surface area contributed by atoms with Crippen molar-refractivity contribution in [1.29, 1.82) is 5.26 Å². The van der Waals surface area contributed by atoms with Crippen LogP contribution < -0.4 is 0 Å². The lowest BCUT2D eigenvalue weighted by Gasteiger charge is -2.39. The summed E-state index contributed by atoms with van der Waals surface area (Å²) in [5.74, 6) is 0. The first-order chi connectivity index (χ1) is 8.51. The molecule has 0 bridgehead atoms.